The average molecular weight is 727 g/mol. The second kappa shape index (κ2) is 35.1. The van der Waals surface area contributed by atoms with E-state index in [1.165, 1.54) is 0 Å². The highest BCUT2D eigenvalue weighted by Crippen LogP contribution is 2.08. The number of esters is 5. The predicted molar refractivity (Wildman–Crippen MR) is 203 cm³/mol. The summed E-state index contributed by atoms with van der Waals surface area (Å²) in [5, 5.41) is 0. The van der Waals surface area contributed by atoms with Crippen LogP contribution in [0.3, 0.4) is 0 Å². The third-order valence-electron chi connectivity index (χ3n) is 7.24. The number of carbonyl (C=O) groups is 6. The van der Waals surface area contributed by atoms with Crippen molar-refractivity contribution in [3.05, 3.63) is 72.9 Å². The van der Waals surface area contributed by atoms with E-state index in [-0.39, 0.29) is 25.9 Å². The molecule has 0 aromatic heterocycles. The van der Waals surface area contributed by atoms with Gasteiger partial charge in [0.15, 0.2) is 6.10 Å². The lowest BCUT2D eigenvalue weighted by atomic mass is 10.1. The number of carbonyl (C=O) groups excluding carboxylic acids is 6. The van der Waals surface area contributed by atoms with Gasteiger partial charge in [0.25, 0.3) is 5.78 Å². The molecule has 0 bridgehead atoms. The van der Waals surface area contributed by atoms with E-state index in [1.54, 1.807) is 12.2 Å². The van der Waals surface area contributed by atoms with Crippen LogP contribution in [-0.4, -0.2) is 54.9 Å². The Labute approximate surface area is 311 Å². The van der Waals surface area contributed by atoms with Gasteiger partial charge in [-0.3, -0.25) is 24.0 Å². The zero-order valence-electron chi connectivity index (χ0n) is 31.7. The van der Waals surface area contributed by atoms with E-state index >= 15 is 0 Å². The second-order valence-electron chi connectivity index (χ2n) is 12.1. The molecule has 0 spiro atoms. The molecule has 0 aliphatic heterocycles. The summed E-state index contributed by atoms with van der Waals surface area (Å²) in [5.41, 5.74) is 0. The van der Waals surface area contributed by atoms with Crippen LogP contribution in [0.4, 0.5) is 0 Å². The van der Waals surface area contributed by atoms with Crippen molar-refractivity contribution in [2.45, 2.75) is 142 Å². The van der Waals surface area contributed by atoms with Crippen molar-refractivity contribution in [3.8, 4) is 0 Å². The van der Waals surface area contributed by atoms with E-state index in [9.17, 15) is 28.8 Å². The van der Waals surface area contributed by atoms with Crippen LogP contribution < -0.4 is 0 Å². The Morgan fingerprint density at radius 1 is 0.481 bits per heavy atom. The first kappa shape index (κ1) is 47.7. The predicted octanol–water partition coefficient (Wildman–Crippen LogP) is 9.04. The fourth-order valence-electron chi connectivity index (χ4n) is 4.37. The van der Waals surface area contributed by atoms with E-state index in [4.69, 9.17) is 14.2 Å². The highest BCUT2D eigenvalue weighted by molar-refractivity contribution is 6.36. The number of hydrogen-bond acceptors (Lipinski definition) is 10. The van der Waals surface area contributed by atoms with E-state index in [2.05, 4.69) is 67.2 Å². The summed E-state index contributed by atoms with van der Waals surface area (Å²) in [5.74, 6) is -5.67. The van der Waals surface area contributed by atoms with Gasteiger partial charge in [0.2, 0.25) is 0 Å². The molecule has 0 N–H and O–H groups in total. The standard InChI is InChI=1S/C42H62O10/c1-4-7-10-13-14-15-16-17-18-19-20-21-22-23-24-25-26-29-32-40(46)52-41(47)33-37(43)42(48)50-35-36(51-39(45)31-28-12-9-6-3)34-49-38(44)30-27-11-8-5-2/h7,10,14-15,17-18,20-21,23-24,26,29,36H,4-6,8-9,11-13,16,19,22,25,27-28,30-35H2,1-3H3/b10-7-,15-14-,18-17-,21-20-,24-23-,29-26-. The van der Waals surface area contributed by atoms with Crippen LogP contribution in [0.15, 0.2) is 72.9 Å². The topological polar surface area (TPSA) is 139 Å². The highest BCUT2D eigenvalue weighted by Gasteiger charge is 2.25. The summed E-state index contributed by atoms with van der Waals surface area (Å²) in [7, 11) is 0. The van der Waals surface area contributed by atoms with Gasteiger partial charge in [-0.1, -0.05) is 132 Å². The second-order valence-corrected chi connectivity index (χ2v) is 12.1. The Kier molecular flexibility index (Phi) is 32.2. The van der Waals surface area contributed by atoms with Crippen molar-refractivity contribution in [2.24, 2.45) is 0 Å². The van der Waals surface area contributed by atoms with Crippen molar-refractivity contribution in [1.82, 2.24) is 0 Å². The number of rotatable bonds is 31. The average Bonchev–Trinajstić information content (AvgIpc) is 3.12. The van der Waals surface area contributed by atoms with Gasteiger partial charge >= 0.3 is 29.8 Å². The van der Waals surface area contributed by atoms with Crippen LogP contribution in [0.5, 0.6) is 0 Å². The van der Waals surface area contributed by atoms with Crippen LogP contribution in [0.1, 0.15) is 136 Å². The molecule has 1 atom stereocenters. The van der Waals surface area contributed by atoms with Gasteiger partial charge in [0, 0.05) is 12.8 Å². The van der Waals surface area contributed by atoms with E-state index < -0.39 is 54.8 Å². The maximum Gasteiger partial charge on any atom is 0.375 e. The number of unbranched alkanes of at least 4 members (excludes halogenated alkanes) is 6. The Morgan fingerprint density at radius 2 is 0.942 bits per heavy atom. The first-order valence-corrected chi connectivity index (χ1v) is 18.9. The SMILES string of the molecule is CC/C=C\C/C=C\C/C=C\C/C=C\C/C=C\C/C=C\CC(=O)OC(=O)CC(=O)C(=O)OCC(COC(=O)CCCCCC)OC(=O)CCCCCC. The maximum atomic E-state index is 12.3. The number of ketones is 1. The summed E-state index contributed by atoms with van der Waals surface area (Å²) in [6.45, 7) is 5.33. The van der Waals surface area contributed by atoms with Gasteiger partial charge in [0.1, 0.15) is 19.6 Å². The number of hydrogen-bond donors (Lipinski definition) is 0. The molecular formula is C42H62O10. The zero-order valence-corrected chi connectivity index (χ0v) is 31.7. The molecule has 0 aromatic carbocycles. The summed E-state index contributed by atoms with van der Waals surface area (Å²) in [6, 6.07) is 0. The number of ether oxygens (including phenoxy) is 4. The molecule has 10 heteroatoms. The molecule has 0 fully saturated rings. The smallest absolute Gasteiger partial charge is 0.375 e. The minimum atomic E-state index is -1.36. The van der Waals surface area contributed by atoms with Crippen LogP contribution in [-0.2, 0) is 47.7 Å². The van der Waals surface area contributed by atoms with Gasteiger partial charge in [-0.2, -0.15) is 0 Å². The molecule has 0 rings (SSSR count). The molecular weight excluding hydrogens is 664 g/mol. The molecule has 290 valence electrons. The van der Waals surface area contributed by atoms with Gasteiger partial charge in [-0.15, -0.1) is 0 Å². The number of Topliss-reactive ketones (excluding diaryl/α,β-unsaturated/α-hetero) is 1. The van der Waals surface area contributed by atoms with Gasteiger partial charge < -0.3 is 18.9 Å². The first-order valence-electron chi connectivity index (χ1n) is 18.9. The van der Waals surface area contributed by atoms with Gasteiger partial charge in [0.05, 0.1) is 6.42 Å². The summed E-state index contributed by atoms with van der Waals surface area (Å²) < 4.78 is 20.1. The number of allylic oxidation sites excluding steroid dienone is 11. The summed E-state index contributed by atoms with van der Waals surface area (Å²) in [4.78, 5) is 72.9. The van der Waals surface area contributed by atoms with E-state index in [0.717, 1.165) is 70.6 Å². The molecule has 0 saturated carbocycles. The van der Waals surface area contributed by atoms with Crippen molar-refractivity contribution in [2.75, 3.05) is 13.2 Å². The molecule has 52 heavy (non-hydrogen) atoms. The van der Waals surface area contributed by atoms with Crippen LogP contribution >= 0.6 is 0 Å². The minimum Gasteiger partial charge on any atom is -0.462 e. The van der Waals surface area contributed by atoms with Gasteiger partial charge in [-0.25, -0.2) is 4.79 Å². The quantitative estimate of drug-likeness (QED) is 0.0170. The van der Waals surface area contributed by atoms with Crippen molar-refractivity contribution in [1.29, 1.82) is 0 Å². The Bertz CT molecular complexity index is 1210. The summed E-state index contributed by atoms with van der Waals surface area (Å²) in [6.07, 6.45) is 34.6. The lowest BCUT2D eigenvalue weighted by Crippen LogP contribution is -2.32. The first-order chi connectivity index (χ1) is 25.2. The third kappa shape index (κ3) is 31.6. The van der Waals surface area contributed by atoms with Crippen molar-refractivity contribution in [3.63, 3.8) is 0 Å². The van der Waals surface area contributed by atoms with E-state index in [1.807, 2.05) is 19.1 Å². The van der Waals surface area contributed by atoms with Gasteiger partial charge in [-0.05, 0) is 51.4 Å². The minimum absolute atomic E-state index is 0.146. The molecule has 0 aliphatic rings. The molecule has 0 heterocycles. The lowest BCUT2D eigenvalue weighted by Gasteiger charge is -2.18. The van der Waals surface area contributed by atoms with Crippen LogP contribution in [0.2, 0.25) is 0 Å². The van der Waals surface area contributed by atoms with Crippen molar-refractivity contribution >= 4 is 35.6 Å². The van der Waals surface area contributed by atoms with Crippen LogP contribution in [0, 0.1) is 0 Å². The molecule has 1 unspecified atom stereocenters. The molecule has 10 nitrogen and oxygen atoms in total. The Morgan fingerprint density at radius 3 is 1.44 bits per heavy atom. The molecule has 0 amide bonds. The molecule has 0 saturated heterocycles. The monoisotopic (exact) mass is 726 g/mol. The fraction of sp³-hybridized carbons (Fsp3) is 0.571. The summed E-state index contributed by atoms with van der Waals surface area (Å²) >= 11 is 0. The molecule has 0 aliphatic carbocycles. The van der Waals surface area contributed by atoms with Crippen LogP contribution in [0.25, 0.3) is 0 Å². The third-order valence-corrected chi connectivity index (χ3v) is 7.24. The fourth-order valence-corrected chi connectivity index (χ4v) is 4.37. The largest absolute Gasteiger partial charge is 0.462 e. The van der Waals surface area contributed by atoms with Crippen molar-refractivity contribution < 1.29 is 47.7 Å². The molecule has 0 radical (unpaired) electrons. The Balaban J connectivity index is 4.47. The lowest BCUT2D eigenvalue weighted by molar-refractivity contribution is -0.169. The highest BCUT2D eigenvalue weighted by atomic mass is 16.6. The normalized spacial score (nSPS) is 12.4. The van der Waals surface area contributed by atoms with E-state index in [0.29, 0.717) is 19.3 Å². The Hall–Kier alpha value is -4.34. The molecule has 0 aromatic rings. The zero-order chi connectivity index (χ0) is 38.5. The maximum absolute atomic E-state index is 12.3.